The van der Waals surface area contributed by atoms with E-state index < -0.39 is 0 Å². The lowest BCUT2D eigenvalue weighted by Gasteiger charge is -1.98. The molecule has 0 saturated heterocycles. The minimum atomic E-state index is -0.234. The van der Waals surface area contributed by atoms with Gasteiger partial charge in [0.25, 0.3) is 0 Å². The minimum absolute atomic E-state index is 0.234. The largest absolute Gasteiger partial charge is 0.454 e. The Morgan fingerprint density at radius 3 is 2.69 bits per heavy atom. The summed E-state index contributed by atoms with van der Waals surface area (Å²) in [5.74, 6) is 0.409. The fourth-order valence-electron chi connectivity index (χ4n) is 2.68. The molecular formula is C20H16N4O2. The number of rotatable bonds is 4. The van der Waals surface area contributed by atoms with Crippen LogP contribution in [0.15, 0.2) is 76.4 Å². The van der Waals surface area contributed by atoms with E-state index in [-0.39, 0.29) is 5.91 Å². The first-order valence-electron chi connectivity index (χ1n) is 8.14. The van der Waals surface area contributed by atoms with E-state index in [1.807, 2.05) is 66.9 Å². The van der Waals surface area contributed by atoms with Gasteiger partial charge in [-0.2, -0.15) is 10.2 Å². The van der Waals surface area contributed by atoms with Crippen LogP contribution < -0.4 is 5.43 Å². The second kappa shape index (κ2) is 6.68. The van der Waals surface area contributed by atoms with Crippen molar-refractivity contribution in [3.8, 4) is 17.1 Å². The van der Waals surface area contributed by atoms with Crippen LogP contribution in [0.1, 0.15) is 12.5 Å². The highest BCUT2D eigenvalue weighted by atomic mass is 16.3. The molecule has 6 heteroatoms. The number of aromatic nitrogens is 2. The minimum Gasteiger partial charge on any atom is -0.454 e. The van der Waals surface area contributed by atoms with Crippen molar-refractivity contribution < 1.29 is 9.21 Å². The standard InChI is InChI=1S/C20H16N4O2/c1-14(25)22-21-12-16-13-24(17-8-3-2-4-9-17)23-20(16)19-11-15-7-5-6-10-18(15)26-19/h2-13H,1H3,(H,22,25)/b21-12-. The zero-order chi connectivity index (χ0) is 17.9. The molecule has 0 unspecified atom stereocenters. The van der Waals surface area contributed by atoms with Crippen molar-refractivity contribution in [2.24, 2.45) is 5.10 Å². The number of furan rings is 1. The lowest BCUT2D eigenvalue weighted by molar-refractivity contribution is -0.118. The first kappa shape index (κ1) is 15.8. The van der Waals surface area contributed by atoms with Crippen molar-refractivity contribution in [2.45, 2.75) is 6.92 Å². The average molecular weight is 344 g/mol. The third-order valence-corrected chi connectivity index (χ3v) is 3.85. The Labute approximate surface area is 149 Å². The highest BCUT2D eigenvalue weighted by molar-refractivity contribution is 5.91. The molecule has 26 heavy (non-hydrogen) atoms. The Morgan fingerprint density at radius 1 is 1.15 bits per heavy atom. The lowest BCUT2D eigenvalue weighted by Crippen LogP contribution is -2.12. The van der Waals surface area contributed by atoms with Gasteiger partial charge >= 0.3 is 0 Å². The van der Waals surface area contributed by atoms with E-state index >= 15 is 0 Å². The zero-order valence-corrected chi connectivity index (χ0v) is 14.1. The highest BCUT2D eigenvalue weighted by Gasteiger charge is 2.15. The maximum Gasteiger partial charge on any atom is 0.236 e. The van der Waals surface area contributed by atoms with Gasteiger partial charge in [-0.1, -0.05) is 36.4 Å². The number of nitrogens with zero attached hydrogens (tertiary/aromatic N) is 3. The Bertz CT molecular complexity index is 1060. The first-order valence-corrected chi connectivity index (χ1v) is 8.14. The summed E-state index contributed by atoms with van der Waals surface area (Å²) in [4.78, 5) is 11.1. The number of hydrogen-bond acceptors (Lipinski definition) is 4. The van der Waals surface area contributed by atoms with Crippen LogP contribution in [0.5, 0.6) is 0 Å². The Balaban J connectivity index is 1.81. The molecular weight excluding hydrogens is 328 g/mol. The second-order valence-corrected chi connectivity index (χ2v) is 5.79. The molecule has 0 bridgehead atoms. The van der Waals surface area contributed by atoms with Crippen molar-refractivity contribution in [3.63, 3.8) is 0 Å². The molecule has 0 aliphatic heterocycles. The van der Waals surface area contributed by atoms with Gasteiger partial charge in [-0.15, -0.1) is 0 Å². The number of fused-ring (bicyclic) bond motifs is 1. The summed E-state index contributed by atoms with van der Waals surface area (Å²) in [5.41, 5.74) is 5.51. The van der Waals surface area contributed by atoms with Crippen LogP contribution in [0.25, 0.3) is 28.1 Å². The number of para-hydroxylation sites is 2. The molecule has 0 saturated carbocycles. The molecule has 128 valence electrons. The van der Waals surface area contributed by atoms with Crippen LogP contribution in [0.2, 0.25) is 0 Å². The zero-order valence-electron chi connectivity index (χ0n) is 14.1. The van der Waals surface area contributed by atoms with Gasteiger partial charge in [0.15, 0.2) is 5.76 Å². The first-order chi connectivity index (χ1) is 12.7. The van der Waals surface area contributed by atoms with Gasteiger partial charge in [0, 0.05) is 24.1 Å². The van der Waals surface area contributed by atoms with Crippen molar-refractivity contribution in [1.29, 1.82) is 0 Å². The van der Waals surface area contributed by atoms with E-state index in [0.717, 1.165) is 22.2 Å². The molecule has 0 fully saturated rings. The maximum atomic E-state index is 11.1. The van der Waals surface area contributed by atoms with Crippen molar-refractivity contribution >= 4 is 23.1 Å². The molecule has 4 rings (SSSR count). The van der Waals surface area contributed by atoms with Gasteiger partial charge in [0.1, 0.15) is 11.3 Å². The van der Waals surface area contributed by atoms with Gasteiger partial charge in [0.2, 0.25) is 5.91 Å². The van der Waals surface area contributed by atoms with E-state index in [1.54, 1.807) is 10.9 Å². The number of carbonyl (C=O) groups is 1. The quantitative estimate of drug-likeness (QED) is 0.452. The molecule has 0 radical (unpaired) electrons. The van der Waals surface area contributed by atoms with Crippen LogP contribution in [0.4, 0.5) is 0 Å². The molecule has 0 aliphatic carbocycles. The summed E-state index contributed by atoms with van der Waals surface area (Å²) >= 11 is 0. The van der Waals surface area contributed by atoms with Crippen LogP contribution in [-0.4, -0.2) is 21.9 Å². The van der Waals surface area contributed by atoms with Crippen LogP contribution in [0, 0.1) is 0 Å². The fourth-order valence-corrected chi connectivity index (χ4v) is 2.68. The molecule has 1 amide bonds. The molecule has 2 aromatic heterocycles. The van der Waals surface area contributed by atoms with E-state index in [1.165, 1.54) is 6.92 Å². The topological polar surface area (TPSA) is 72.4 Å². The number of benzene rings is 2. The number of carbonyl (C=O) groups excluding carboxylic acids is 1. The van der Waals surface area contributed by atoms with Crippen LogP contribution in [0.3, 0.4) is 0 Å². The normalized spacial score (nSPS) is 11.3. The Hall–Kier alpha value is -3.67. The molecule has 6 nitrogen and oxygen atoms in total. The lowest BCUT2D eigenvalue weighted by atomic mass is 10.2. The van der Waals surface area contributed by atoms with Crippen molar-refractivity contribution in [3.05, 3.63) is 72.4 Å². The molecule has 1 N–H and O–H groups in total. The predicted molar refractivity (Wildman–Crippen MR) is 100 cm³/mol. The van der Waals surface area contributed by atoms with E-state index in [2.05, 4.69) is 15.6 Å². The summed E-state index contributed by atoms with van der Waals surface area (Å²) in [6, 6.07) is 19.5. The molecule has 2 heterocycles. The fraction of sp³-hybridized carbons (Fsp3) is 0.0500. The number of amides is 1. The summed E-state index contributed by atoms with van der Waals surface area (Å²) < 4.78 is 7.71. The van der Waals surface area contributed by atoms with Crippen LogP contribution >= 0.6 is 0 Å². The highest BCUT2D eigenvalue weighted by Crippen LogP contribution is 2.29. The van der Waals surface area contributed by atoms with Gasteiger partial charge < -0.3 is 4.42 Å². The third-order valence-electron chi connectivity index (χ3n) is 3.85. The van der Waals surface area contributed by atoms with Gasteiger partial charge in [0.05, 0.1) is 11.9 Å². The van der Waals surface area contributed by atoms with E-state index in [4.69, 9.17) is 4.42 Å². The van der Waals surface area contributed by atoms with Gasteiger partial charge in [-0.3, -0.25) is 4.79 Å². The third kappa shape index (κ3) is 3.12. The van der Waals surface area contributed by atoms with Crippen molar-refractivity contribution in [2.75, 3.05) is 0 Å². The molecule has 0 atom stereocenters. The molecule has 0 aliphatic rings. The summed E-state index contributed by atoms with van der Waals surface area (Å²) in [6.07, 6.45) is 3.42. The number of hydrazone groups is 1. The van der Waals surface area contributed by atoms with E-state index in [0.29, 0.717) is 11.5 Å². The second-order valence-electron chi connectivity index (χ2n) is 5.79. The maximum absolute atomic E-state index is 11.1. The Morgan fingerprint density at radius 2 is 1.92 bits per heavy atom. The average Bonchev–Trinajstić information content (AvgIpc) is 3.26. The summed E-state index contributed by atoms with van der Waals surface area (Å²) in [5, 5.41) is 9.63. The van der Waals surface area contributed by atoms with Gasteiger partial charge in [-0.25, -0.2) is 10.1 Å². The predicted octanol–water partition coefficient (Wildman–Crippen LogP) is 3.76. The number of nitrogens with one attached hydrogen (secondary N) is 1. The molecule has 0 spiro atoms. The summed E-state index contributed by atoms with van der Waals surface area (Å²) in [7, 11) is 0. The van der Waals surface area contributed by atoms with E-state index in [9.17, 15) is 4.79 Å². The number of hydrogen-bond donors (Lipinski definition) is 1. The van der Waals surface area contributed by atoms with Gasteiger partial charge in [-0.05, 0) is 24.3 Å². The monoisotopic (exact) mass is 344 g/mol. The molecule has 4 aromatic rings. The summed E-state index contributed by atoms with van der Waals surface area (Å²) in [6.45, 7) is 1.41. The van der Waals surface area contributed by atoms with Crippen LogP contribution in [-0.2, 0) is 4.79 Å². The smallest absolute Gasteiger partial charge is 0.236 e. The SMILES string of the molecule is CC(=O)N/N=C\c1cn(-c2ccccc2)nc1-c1cc2ccccc2o1. The van der Waals surface area contributed by atoms with Crippen molar-refractivity contribution in [1.82, 2.24) is 15.2 Å². The Kier molecular flexibility index (Phi) is 4.07. The molecule has 2 aromatic carbocycles.